The number of aromatic amines is 2. The molecule has 0 aliphatic carbocycles. The molecule has 4 aromatic rings. The number of H-pyrrole nitrogens is 2. The van der Waals surface area contributed by atoms with Gasteiger partial charge in [0, 0.05) is 59.4 Å². The van der Waals surface area contributed by atoms with Gasteiger partial charge in [-0.3, -0.25) is 0 Å². The van der Waals surface area contributed by atoms with E-state index < -0.39 is 23.9 Å². The Bertz CT molecular complexity index is 959. The monoisotopic (exact) mass is 598 g/mol. The number of carbonyl (C=O) groups is 4. The Labute approximate surface area is 228 Å². The molecule has 0 aliphatic heterocycles. The van der Waals surface area contributed by atoms with Gasteiger partial charge >= 0.3 is 34.1 Å². The minimum Gasteiger partial charge on any atom is -0.550 e. The first-order valence-electron chi connectivity index (χ1n) is 9.33. The fourth-order valence-electron chi connectivity index (χ4n) is 1.77. The fraction of sp³-hybridized carbons (Fsp3) is 0.182. The second-order valence-electron chi connectivity index (χ2n) is 5.80. The van der Waals surface area contributed by atoms with Crippen molar-refractivity contribution in [3.8, 4) is 0 Å². The van der Waals surface area contributed by atoms with Crippen molar-refractivity contribution in [3.05, 3.63) is 61.2 Å². The van der Waals surface area contributed by atoms with Gasteiger partial charge in [0.1, 0.15) is 11.3 Å². The molecule has 202 valence electrons. The number of carboxylic acids is 4. The van der Waals surface area contributed by atoms with Gasteiger partial charge in [-0.1, -0.05) is 0 Å². The Balaban J connectivity index is -0.000000179. The number of rotatable bonds is 0. The maximum Gasteiger partial charge on any atom is 2.00 e. The standard InChI is InChI=1S/2C7H6N2.4C2H4O2.2Cu/c2*1-2-6-3-5-9-7(6)8-4-1;4*1-2(3)4;;/h2*1-5H,(H,8,9);4*1H3,(H,3,4);;/q;;;;;;2*+2/p-4. The molecule has 0 fully saturated rings. The summed E-state index contributed by atoms with van der Waals surface area (Å²) in [5, 5.41) is 37.9. The first kappa shape index (κ1) is 39.5. The molecule has 0 amide bonds. The van der Waals surface area contributed by atoms with Crippen molar-refractivity contribution >= 4 is 45.9 Å². The summed E-state index contributed by atoms with van der Waals surface area (Å²) in [7, 11) is 0. The van der Waals surface area contributed by atoms with Crippen molar-refractivity contribution in [3.63, 3.8) is 0 Å². The number of hydrogen-bond donors (Lipinski definition) is 2. The third-order valence-corrected chi connectivity index (χ3v) is 2.64. The van der Waals surface area contributed by atoms with E-state index in [2.05, 4.69) is 19.9 Å². The molecule has 0 atom stereocenters. The Morgan fingerprint density at radius 2 is 0.833 bits per heavy atom. The van der Waals surface area contributed by atoms with Crippen molar-refractivity contribution in [1.29, 1.82) is 0 Å². The van der Waals surface area contributed by atoms with E-state index in [1.54, 1.807) is 12.4 Å². The predicted octanol–water partition coefficient (Wildman–Crippen LogP) is -1.85. The van der Waals surface area contributed by atoms with Crippen molar-refractivity contribution < 1.29 is 73.7 Å². The molecule has 0 saturated heterocycles. The molecule has 0 unspecified atom stereocenters. The van der Waals surface area contributed by atoms with Crippen LogP contribution < -0.4 is 20.4 Å². The van der Waals surface area contributed by atoms with Gasteiger partial charge in [-0.2, -0.15) is 0 Å². The first-order valence-corrected chi connectivity index (χ1v) is 9.33. The summed E-state index contributed by atoms with van der Waals surface area (Å²) >= 11 is 0. The van der Waals surface area contributed by atoms with Crippen LogP contribution in [-0.4, -0.2) is 43.8 Å². The van der Waals surface area contributed by atoms with E-state index in [9.17, 15) is 0 Å². The van der Waals surface area contributed by atoms with Gasteiger partial charge in [-0.15, -0.1) is 0 Å². The summed E-state index contributed by atoms with van der Waals surface area (Å²) in [4.78, 5) is 49.7. The molecular formula is C22H24Cu2N4O8. The second kappa shape index (κ2) is 24.4. The Morgan fingerprint density at radius 3 is 1.06 bits per heavy atom. The molecule has 2 N–H and O–H groups in total. The first-order chi connectivity index (χ1) is 15.9. The molecular weight excluding hydrogens is 575 g/mol. The summed E-state index contributed by atoms with van der Waals surface area (Å²) in [5.74, 6) is -4.33. The number of pyridine rings is 2. The van der Waals surface area contributed by atoms with Gasteiger partial charge < -0.3 is 49.6 Å². The number of carbonyl (C=O) groups excluding carboxylic acids is 4. The number of aliphatic carboxylic acids is 4. The molecule has 12 nitrogen and oxygen atoms in total. The molecule has 0 bridgehead atoms. The zero-order valence-electron chi connectivity index (χ0n) is 19.5. The third kappa shape index (κ3) is 28.3. The van der Waals surface area contributed by atoms with Crippen LogP contribution in [0.1, 0.15) is 27.7 Å². The minimum absolute atomic E-state index is 0. The topological polar surface area (TPSA) is 218 Å². The van der Waals surface area contributed by atoms with E-state index in [-0.39, 0.29) is 34.1 Å². The van der Waals surface area contributed by atoms with E-state index in [1.165, 1.54) is 0 Å². The maximum atomic E-state index is 8.89. The number of fused-ring (bicyclic) bond motifs is 2. The van der Waals surface area contributed by atoms with Crippen LogP contribution in [-0.2, 0) is 53.3 Å². The second-order valence-corrected chi connectivity index (χ2v) is 5.80. The van der Waals surface area contributed by atoms with Crippen LogP contribution in [0, 0.1) is 0 Å². The predicted molar refractivity (Wildman–Crippen MR) is 115 cm³/mol. The SMILES string of the molecule is CC(=O)[O-].CC(=O)[O-].CC(=O)[O-].CC(=O)[O-].[Cu+2].[Cu+2].c1cnc2[nH]ccc2c1.c1cnc2[nH]ccc2c1. The smallest absolute Gasteiger partial charge is 0.550 e. The molecule has 0 spiro atoms. The summed E-state index contributed by atoms with van der Waals surface area (Å²) in [6.07, 6.45) is 7.33. The van der Waals surface area contributed by atoms with Crippen molar-refractivity contribution in [1.82, 2.24) is 19.9 Å². The quantitative estimate of drug-likeness (QED) is 0.215. The zero-order valence-corrected chi connectivity index (χ0v) is 21.4. The Kier molecular flexibility index (Phi) is 26.8. The molecule has 0 aliphatic rings. The van der Waals surface area contributed by atoms with E-state index >= 15 is 0 Å². The zero-order chi connectivity index (χ0) is 26.5. The summed E-state index contributed by atoms with van der Waals surface area (Å²) in [6, 6.07) is 11.9. The number of nitrogens with zero attached hydrogens (tertiary/aromatic N) is 2. The number of hydrogen-bond acceptors (Lipinski definition) is 10. The summed E-state index contributed by atoms with van der Waals surface area (Å²) < 4.78 is 0. The van der Waals surface area contributed by atoms with Gasteiger partial charge in [-0.25, -0.2) is 9.97 Å². The van der Waals surface area contributed by atoms with Crippen molar-refractivity contribution in [2.45, 2.75) is 27.7 Å². The average Bonchev–Trinajstić information content (AvgIpc) is 3.36. The summed E-state index contributed by atoms with van der Waals surface area (Å²) in [6.45, 7) is 3.89. The molecule has 36 heavy (non-hydrogen) atoms. The molecule has 0 saturated carbocycles. The molecule has 4 aromatic heterocycles. The molecule has 2 radical (unpaired) electrons. The Hall–Kier alpha value is -3.70. The van der Waals surface area contributed by atoms with Crippen LogP contribution in [0.5, 0.6) is 0 Å². The summed E-state index contributed by atoms with van der Waals surface area (Å²) in [5.41, 5.74) is 1.91. The van der Waals surface area contributed by atoms with Crippen LogP contribution in [0.2, 0.25) is 0 Å². The Morgan fingerprint density at radius 1 is 0.583 bits per heavy atom. The van der Waals surface area contributed by atoms with Gasteiger partial charge in [0.25, 0.3) is 0 Å². The van der Waals surface area contributed by atoms with Crippen LogP contribution in [0.4, 0.5) is 0 Å². The van der Waals surface area contributed by atoms with Gasteiger partial charge in [0.2, 0.25) is 0 Å². The van der Waals surface area contributed by atoms with E-state index in [0.29, 0.717) is 0 Å². The fourth-order valence-corrected chi connectivity index (χ4v) is 1.77. The van der Waals surface area contributed by atoms with E-state index in [4.69, 9.17) is 39.6 Å². The van der Waals surface area contributed by atoms with Crippen molar-refractivity contribution in [2.75, 3.05) is 0 Å². The van der Waals surface area contributed by atoms with Crippen LogP contribution in [0.15, 0.2) is 61.2 Å². The normalized spacial score (nSPS) is 7.89. The molecule has 0 aromatic carbocycles. The number of aromatic nitrogens is 4. The largest absolute Gasteiger partial charge is 2.00 e. The van der Waals surface area contributed by atoms with Gasteiger partial charge in [0.15, 0.2) is 0 Å². The van der Waals surface area contributed by atoms with Crippen LogP contribution in [0.3, 0.4) is 0 Å². The number of carboxylic acid groups (broad SMARTS) is 4. The molecule has 4 heterocycles. The molecule has 14 heteroatoms. The number of nitrogens with one attached hydrogen (secondary N) is 2. The maximum absolute atomic E-state index is 8.89. The molecule has 4 rings (SSSR count). The van der Waals surface area contributed by atoms with E-state index in [0.717, 1.165) is 49.8 Å². The third-order valence-electron chi connectivity index (χ3n) is 2.64. The average molecular weight is 600 g/mol. The minimum atomic E-state index is -1.08. The van der Waals surface area contributed by atoms with Gasteiger partial charge in [0.05, 0.1) is 0 Å². The van der Waals surface area contributed by atoms with E-state index in [1.807, 2.05) is 48.8 Å². The van der Waals surface area contributed by atoms with Crippen molar-refractivity contribution in [2.24, 2.45) is 0 Å². The van der Waals surface area contributed by atoms with Crippen LogP contribution >= 0.6 is 0 Å². The van der Waals surface area contributed by atoms with Gasteiger partial charge in [-0.05, 0) is 64.1 Å². The van der Waals surface area contributed by atoms with Crippen LogP contribution in [0.25, 0.3) is 22.1 Å².